The van der Waals surface area contributed by atoms with Crippen molar-refractivity contribution in [2.24, 2.45) is 4.99 Å². The van der Waals surface area contributed by atoms with E-state index in [9.17, 15) is 13.2 Å². The van der Waals surface area contributed by atoms with Gasteiger partial charge in [0.05, 0.1) is 12.1 Å². The number of guanidine groups is 1. The topological polar surface area (TPSA) is 76.4 Å². The third-order valence-electron chi connectivity index (χ3n) is 4.68. The van der Waals surface area contributed by atoms with Gasteiger partial charge in [0.2, 0.25) is 0 Å². The minimum Gasteiger partial charge on any atom is -0.489 e. The maximum absolute atomic E-state index is 12.9. The van der Waals surface area contributed by atoms with E-state index < -0.39 is 11.7 Å². The molecule has 2 aromatic heterocycles. The molecule has 10 heteroatoms. The highest BCUT2D eigenvalue weighted by molar-refractivity contribution is 5.79. The summed E-state index contributed by atoms with van der Waals surface area (Å²) in [6, 6.07) is 8.74. The highest BCUT2D eigenvalue weighted by Gasteiger charge is 2.30. The van der Waals surface area contributed by atoms with E-state index >= 15 is 0 Å². The lowest BCUT2D eigenvalue weighted by Gasteiger charge is -2.20. The monoisotopic (exact) mass is 446 g/mol. The van der Waals surface area contributed by atoms with E-state index in [0.29, 0.717) is 25.5 Å². The van der Waals surface area contributed by atoms with Crippen LogP contribution in [0.1, 0.15) is 24.5 Å². The van der Waals surface area contributed by atoms with Crippen LogP contribution in [0.3, 0.4) is 0 Å². The van der Waals surface area contributed by atoms with Crippen molar-refractivity contribution in [1.82, 2.24) is 25.2 Å². The molecule has 1 atom stereocenters. The summed E-state index contributed by atoms with van der Waals surface area (Å²) in [6.07, 6.45) is 2.83. The van der Waals surface area contributed by atoms with Crippen molar-refractivity contribution in [3.63, 3.8) is 0 Å². The molecule has 1 unspecified atom stereocenters. The first-order chi connectivity index (χ1) is 15.4. The van der Waals surface area contributed by atoms with Gasteiger partial charge in [-0.25, -0.2) is 9.97 Å². The molecule has 0 aliphatic carbocycles. The van der Waals surface area contributed by atoms with Gasteiger partial charge >= 0.3 is 6.18 Å². The Morgan fingerprint density at radius 1 is 1.22 bits per heavy atom. The maximum atomic E-state index is 12.9. The fourth-order valence-electron chi connectivity index (χ4n) is 2.89. The lowest BCUT2D eigenvalue weighted by molar-refractivity contribution is -0.137. The summed E-state index contributed by atoms with van der Waals surface area (Å²) in [7, 11) is 1.64. The van der Waals surface area contributed by atoms with Crippen LogP contribution >= 0.6 is 0 Å². The Balaban J connectivity index is 1.50. The predicted octanol–water partition coefficient (Wildman–Crippen LogP) is 3.81. The van der Waals surface area contributed by atoms with E-state index in [0.717, 1.165) is 23.5 Å². The zero-order valence-corrected chi connectivity index (χ0v) is 17.8. The fourth-order valence-corrected chi connectivity index (χ4v) is 2.89. The fraction of sp³-hybridized carbons (Fsp3) is 0.318. The standard InChI is InChI=1S/C22H25F3N6O/c1-3-18(32-19-6-4-5-17(11-19)22(23,24)25)14-30-21(26-2)29-13-16-7-8-20(28-12-16)31-10-9-27-15-31/h4-12,15,18H,3,13-14H2,1-2H3,(H2,26,29,30). The van der Waals surface area contributed by atoms with E-state index in [-0.39, 0.29) is 11.9 Å². The van der Waals surface area contributed by atoms with Crippen LogP contribution in [0.15, 0.2) is 66.3 Å². The van der Waals surface area contributed by atoms with Crippen molar-refractivity contribution in [2.45, 2.75) is 32.2 Å². The van der Waals surface area contributed by atoms with Gasteiger partial charge < -0.3 is 15.4 Å². The van der Waals surface area contributed by atoms with Gasteiger partial charge in [-0.1, -0.05) is 19.1 Å². The van der Waals surface area contributed by atoms with E-state index in [1.54, 1.807) is 25.8 Å². The maximum Gasteiger partial charge on any atom is 0.416 e. The number of rotatable bonds is 8. The van der Waals surface area contributed by atoms with Crippen LogP contribution in [-0.2, 0) is 12.7 Å². The molecule has 0 radical (unpaired) electrons. The summed E-state index contributed by atoms with van der Waals surface area (Å²) >= 11 is 0. The lowest BCUT2D eigenvalue weighted by Crippen LogP contribution is -2.42. The quantitative estimate of drug-likeness (QED) is 0.407. The predicted molar refractivity (Wildman–Crippen MR) is 116 cm³/mol. The molecule has 0 amide bonds. The number of halogens is 3. The molecule has 0 fully saturated rings. The Morgan fingerprint density at radius 2 is 2.06 bits per heavy atom. The summed E-state index contributed by atoms with van der Waals surface area (Å²) in [5.74, 6) is 1.50. The third kappa shape index (κ3) is 6.47. The van der Waals surface area contributed by atoms with E-state index in [1.807, 2.05) is 29.8 Å². The summed E-state index contributed by atoms with van der Waals surface area (Å²) in [6.45, 7) is 2.79. The number of nitrogens with zero attached hydrogens (tertiary/aromatic N) is 4. The highest BCUT2D eigenvalue weighted by atomic mass is 19.4. The molecule has 32 heavy (non-hydrogen) atoms. The van der Waals surface area contributed by atoms with Crippen molar-refractivity contribution in [3.8, 4) is 11.6 Å². The van der Waals surface area contributed by atoms with Gasteiger partial charge in [0.1, 0.15) is 24.0 Å². The minimum absolute atomic E-state index is 0.181. The number of alkyl halides is 3. The second-order valence-electron chi connectivity index (χ2n) is 6.97. The van der Waals surface area contributed by atoms with Gasteiger partial charge in [0.25, 0.3) is 0 Å². The first-order valence-corrected chi connectivity index (χ1v) is 10.1. The van der Waals surface area contributed by atoms with Gasteiger partial charge in [0, 0.05) is 32.2 Å². The van der Waals surface area contributed by atoms with Crippen molar-refractivity contribution in [1.29, 1.82) is 0 Å². The number of imidazole rings is 1. The van der Waals surface area contributed by atoms with Gasteiger partial charge in [0.15, 0.2) is 5.96 Å². The molecule has 0 bridgehead atoms. The normalized spacial score (nSPS) is 13.0. The summed E-state index contributed by atoms with van der Waals surface area (Å²) in [4.78, 5) is 12.6. The zero-order chi connectivity index (χ0) is 23.0. The average Bonchev–Trinajstić information content (AvgIpc) is 3.33. The van der Waals surface area contributed by atoms with Crippen LogP contribution in [0.25, 0.3) is 5.82 Å². The Bertz CT molecular complexity index is 1000. The second kappa shape index (κ2) is 10.7. The Kier molecular flexibility index (Phi) is 7.69. The second-order valence-corrected chi connectivity index (χ2v) is 6.97. The molecule has 0 spiro atoms. The van der Waals surface area contributed by atoms with Gasteiger partial charge in [-0.3, -0.25) is 9.56 Å². The molecule has 3 rings (SSSR count). The Labute approximate surface area is 184 Å². The molecule has 7 nitrogen and oxygen atoms in total. The number of hydrogen-bond donors (Lipinski definition) is 2. The molecular formula is C22H25F3N6O. The van der Waals surface area contributed by atoms with Crippen LogP contribution in [0, 0.1) is 0 Å². The third-order valence-corrected chi connectivity index (χ3v) is 4.68. The molecule has 3 aromatic rings. The minimum atomic E-state index is -4.41. The summed E-state index contributed by atoms with van der Waals surface area (Å²) in [5, 5.41) is 6.34. The SMILES string of the molecule is CCC(CNC(=NC)NCc1ccc(-n2ccnc2)nc1)Oc1cccc(C(F)(F)F)c1. The number of benzene rings is 1. The molecule has 0 saturated carbocycles. The smallest absolute Gasteiger partial charge is 0.416 e. The molecule has 2 N–H and O–H groups in total. The van der Waals surface area contributed by atoms with Crippen LogP contribution in [0.2, 0.25) is 0 Å². The van der Waals surface area contributed by atoms with Gasteiger partial charge in [-0.2, -0.15) is 13.2 Å². The van der Waals surface area contributed by atoms with Crippen molar-refractivity contribution < 1.29 is 17.9 Å². The first-order valence-electron chi connectivity index (χ1n) is 10.1. The van der Waals surface area contributed by atoms with Crippen LogP contribution in [0.5, 0.6) is 5.75 Å². The van der Waals surface area contributed by atoms with Crippen molar-refractivity contribution in [2.75, 3.05) is 13.6 Å². The summed E-state index contributed by atoms with van der Waals surface area (Å²) < 4.78 is 46.3. The first kappa shape index (κ1) is 23.1. The molecule has 1 aromatic carbocycles. The number of ether oxygens (including phenoxy) is 1. The Hall–Kier alpha value is -3.56. The lowest BCUT2D eigenvalue weighted by atomic mass is 10.2. The van der Waals surface area contributed by atoms with E-state index in [2.05, 4.69) is 25.6 Å². The number of pyridine rings is 1. The van der Waals surface area contributed by atoms with Crippen LogP contribution in [-0.4, -0.2) is 40.2 Å². The molecule has 0 aliphatic rings. The zero-order valence-electron chi connectivity index (χ0n) is 17.8. The number of aromatic nitrogens is 3. The van der Waals surface area contributed by atoms with Crippen molar-refractivity contribution in [3.05, 3.63) is 72.4 Å². The van der Waals surface area contributed by atoms with Crippen molar-refractivity contribution >= 4 is 5.96 Å². The van der Waals surface area contributed by atoms with Crippen LogP contribution in [0.4, 0.5) is 13.2 Å². The molecule has 170 valence electrons. The largest absolute Gasteiger partial charge is 0.489 e. The molecule has 2 heterocycles. The molecule has 0 saturated heterocycles. The van der Waals surface area contributed by atoms with E-state index in [1.165, 1.54) is 12.1 Å². The van der Waals surface area contributed by atoms with E-state index in [4.69, 9.17) is 4.74 Å². The number of aliphatic imine (C=N–C) groups is 1. The number of nitrogens with one attached hydrogen (secondary N) is 2. The molecule has 0 aliphatic heterocycles. The summed E-state index contributed by atoms with van der Waals surface area (Å²) in [5.41, 5.74) is 0.229. The van der Waals surface area contributed by atoms with Gasteiger partial charge in [-0.15, -0.1) is 0 Å². The van der Waals surface area contributed by atoms with Crippen LogP contribution < -0.4 is 15.4 Å². The Morgan fingerprint density at radius 3 is 2.69 bits per heavy atom. The van der Waals surface area contributed by atoms with Gasteiger partial charge in [-0.05, 0) is 36.2 Å². The highest BCUT2D eigenvalue weighted by Crippen LogP contribution is 2.31. The molecular weight excluding hydrogens is 421 g/mol. The number of hydrogen-bond acceptors (Lipinski definition) is 4. The average molecular weight is 446 g/mol.